The van der Waals surface area contributed by atoms with Crippen molar-refractivity contribution in [2.75, 3.05) is 11.1 Å². The Kier molecular flexibility index (Phi) is 8.33. The van der Waals surface area contributed by atoms with E-state index in [1.165, 1.54) is 17.3 Å². The van der Waals surface area contributed by atoms with E-state index in [2.05, 4.69) is 48.1 Å². The smallest absolute Gasteiger partial charge is 0.234 e. The van der Waals surface area contributed by atoms with Crippen molar-refractivity contribution in [3.8, 4) is 5.75 Å². The minimum Gasteiger partial charge on any atom is -0.483 e. The zero-order chi connectivity index (χ0) is 24.0. The molecule has 1 N–H and O–H groups in total. The number of hydrogen-bond donors (Lipinski definition) is 1. The summed E-state index contributed by atoms with van der Waals surface area (Å²) in [4.78, 5) is 12.5. The van der Waals surface area contributed by atoms with E-state index in [9.17, 15) is 4.79 Å². The summed E-state index contributed by atoms with van der Waals surface area (Å²) in [6, 6.07) is 14.1. The first-order valence-electron chi connectivity index (χ1n) is 11.1. The third kappa shape index (κ3) is 6.48. The maximum Gasteiger partial charge on any atom is 0.234 e. The van der Waals surface area contributed by atoms with Crippen molar-refractivity contribution in [2.45, 2.75) is 58.3 Å². The molecule has 2 aromatic carbocycles. The second kappa shape index (κ2) is 11.2. The van der Waals surface area contributed by atoms with Crippen LogP contribution >= 0.6 is 11.8 Å². The van der Waals surface area contributed by atoms with E-state index < -0.39 is 0 Å². The number of nitrogens with zero attached hydrogens (tertiary/aromatic N) is 3. The normalized spacial score (nSPS) is 11.9. The molecule has 0 aliphatic carbocycles. The first kappa shape index (κ1) is 24.6. The van der Waals surface area contributed by atoms with Crippen LogP contribution in [0, 0.1) is 13.8 Å². The summed E-state index contributed by atoms with van der Waals surface area (Å²) in [5.74, 6) is 2.09. The Hall–Kier alpha value is -3.06. The van der Waals surface area contributed by atoms with Crippen LogP contribution in [0.3, 0.4) is 0 Å². The zero-order valence-electron chi connectivity index (χ0n) is 20.0. The molecule has 0 fully saturated rings. The van der Waals surface area contributed by atoms with Crippen LogP contribution in [-0.4, -0.2) is 26.4 Å². The number of anilines is 1. The fraction of sp³-hybridized carbons (Fsp3) is 0.346. The largest absolute Gasteiger partial charge is 0.483 e. The molecule has 174 valence electrons. The van der Waals surface area contributed by atoms with Crippen molar-refractivity contribution in [3.05, 3.63) is 77.6 Å². The highest BCUT2D eigenvalue weighted by Gasteiger charge is 2.20. The van der Waals surface area contributed by atoms with Gasteiger partial charge in [-0.3, -0.25) is 9.36 Å². The fourth-order valence-electron chi connectivity index (χ4n) is 3.47. The summed E-state index contributed by atoms with van der Waals surface area (Å²) in [5, 5.41) is 12.3. The van der Waals surface area contributed by atoms with Crippen LogP contribution in [0.5, 0.6) is 5.75 Å². The first-order chi connectivity index (χ1) is 15.8. The number of benzene rings is 2. The van der Waals surface area contributed by atoms with E-state index in [0.29, 0.717) is 23.4 Å². The van der Waals surface area contributed by atoms with E-state index in [4.69, 9.17) is 4.74 Å². The topological polar surface area (TPSA) is 69.0 Å². The van der Waals surface area contributed by atoms with E-state index in [1.807, 2.05) is 55.7 Å². The van der Waals surface area contributed by atoms with Crippen molar-refractivity contribution in [1.82, 2.24) is 14.8 Å². The van der Waals surface area contributed by atoms with Crippen molar-refractivity contribution in [1.29, 1.82) is 0 Å². The van der Waals surface area contributed by atoms with Gasteiger partial charge in [0.05, 0.1) is 5.75 Å². The second-order valence-electron chi connectivity index (χ2n) is 8.38. The molecule has 0 saturated heterocycles. The number of aromatic nitrogens is 3. The van der Waals surface area contributed by atoms with Gasteiger partial charge in [0.1, 0.15) is 5.75 Å². The summed E-state index contributed by atoms with van der Waals surface area (Å²) in [6.45, 7) is 14.7. The van der Waals surface area contributed by atoms with Gasteiger partial charge < -0.3 is 10.1 Å². The number of aryl methyl sites for hydroxylation is 2. The average molecular weight is 465 g/mol. The van der Waals surface area contributed by atoms with Crippen LogP contribution in [0.25, 0.3) is 0 Å². The highest BCUT2D eigenvalue weighted by atomic mass is 32.2. The van der Waals surface area contributed by atoms with Crippen LogP contribution < -0.4 is 10.1 Å². The number of thioether (sulfide) groups is 1. The maximum absolute atomic E-state index is 12.5. The van der Waals surface area contributed by atoms with Gasteiger partial charge in [0.2, 0.25) is 5.91 Å². The third-order valence-corrected chi connectivity index (χ3v) is 6.24. The summed E-state index contributed by atoms with van der Waals surface area (Å²) in [5.41, 5.74) is 4.29. The molecule has 7 heteroatoms. The highest BCUT2D eigenvalue weighted by molar-refractivity contribution is 7.99. The highest BCUT2D eigenvalue weighted by Crippen LogP contribution is 2.26. The van der Waals surface area contributed by atoms with Crippen LogP contribution in [0.4, 0.5) is 5.69 Å². The van der Waals surface area contributed by atoms with Gasteiger partial charge in [-0.1, -0.05) is 61.5 Å². The molecule has 33 heavy (non-hydrogen) atoms. The van der Waals surface area contributed by atoms with Crippen LogP contribution in [-0.2, 0) is 11.3 Å². The fourth-order valence-corrected chi connectivity index (χ4v) is 4.22. The summed E-state index contributed by atoms with van der Waals surface area (Å²) >= 11 is 1.35. The Balaban J connectivity index is 1.66. The Morgan fingerprint density at radius 1 is 1.15 bits per heavy atom. The van der Waals surface area contributed by atoms with Crippen molar-refractivity contribution < 1.29 is 9.53 Å². The molecule has 1 atom stereocenters. The number of hydrogen-bond acceptors (Lipinski definition) is 5. The van der Waals surface area contributed by atoms with Crippen LogP contribution in [0.2, 0.25) is 0 Å². The number of carbonyl (C=O) groups is 1. The van der Waals surface area contributed by atoms with Gasteiger partial charge >= 0.3 is 0 Å². The van der Waals surface area contributed by atoms with Gasteiger partial charge in [-0.05, 0) is 56.0 Å². The van der Waals surface area contributed by atoms with Crippen LogP contribution in [0.1, 0.15) is 55.3 Å². The molecular weight excluding hydrogens is 432 g/mol. The first-order valence-corrected chi connectivity index (χ1v) is 12.1. The average Bonchev–Trinajstić information content (AvgIpc) is 3.17. The van der Waals surface area contributed by atoms with Gasteiger partial charge in [-0.25, -0.2) is 0 Å². The minimum atomic E-state index is -0.305. The van der Waals surface area contributed by atoms with Crippen molar-refractivity contribution >= 4 is 23.4 Å². The number of amides is 1. The lowest BCUT2D eigenvalue weighted by Crippen LogP contribution is -2.16. The number of carbonyl (C=O) groups excluding carboxylic acids is 1. The van der Waals surface area contributed by atoms with E-state index in [0.717, 1.165) is 22.6 Å². The molecule has 0 radical (unpaired) electrons. The molecule has 1 unspecified atom stereocenters. The minimum absolute atomic E-state index is 0.0869. The predicted octanol–water partition coefficient (Wildman–Crippen LogP) is 6.08. The molecule has 1 aromatic heterocycles. The second-order valence-corrected chi connectivity index (χ2v) is 9.32. The van der Waals surface area contributed by atoms with Crippen LogP contribution in [0.15, 0.2) is 60.3 Å². The summed E-state index contributed by atoms with van der Waals surface area (Å²) < 4.78 is 8.06. The SMILES string of the molecule is C=CCn1c(SCC(=O)Nc2ccc(C)cc2C)nnc1C(C)Oc1ccc(C(C)C)cc1. The molecule has 3 rings (SSSR count). The van der Waals surface area contributed by atoms with Gasteiger partial charge in [0, 0.05) is 12.2 Å². The molecular formula is C26H32N4O2S. The quantitative estimate of drug-likeness (QED) is 0.291. The lowest BCUT2D eigenvalue weighted by molar-refractivity contribution is -0.113. The lowest BCUT2D eigenvalue weighted by Gasteiger charge is -2.16. The predicted molar refractivity (Wildman–Crippen MR) is 135 cm³/mol. The molecule has 1 heterocycles. The summed E-state index contributed by atoms with van der Waals surface area (Å²) in [7, 11) is 0. The maximum atomic E-state index is 12.5. The van der Waals surface area contributed by atoms with E-state index in [-0.39, 0.29) is 17.8 Å². The molecule has 6 nitrogen and oxygen atoms in total. The van der Waals surface area contributed by atoms with Gasteiger partial charge in [-0.2, -0.15) is 0 Å². The van der Waals surface area contributed by atoms with E-state index in [1.54, 1.807) is 6.08 Å². The molecule has 0 bridgehead atoms. The standard InChI is InChI=1S/C26H32N4O2S/c1-7-14-30-25(20(6)32-22-11-9-21(10-12-22)17(2)3)28-29-26(30)33-16-24(31)27-23-13-8-18(4)15-19(23)5/h7-13,15,17,20H,1,14,16H2,2-6H3,(H,27,31). The van der Waals surface area contributed by atoms with Crippen molar-refractivity contribution in [3.63, 3.8) is 0 Å². The summed E-state index contributed by atoms with van der Waals surface area (Å²) in [6.07, 6.45) is 1.48. The van der Waals surface area contributed by atoms with Gasteiger partial charge in [0.15, 0.2) is 17.1 Å². The molecule has 1 amide bonds. The molecule has 3 aromatic rings. The lowest BCUT2D eigenvalue weighted by atomic mass is 10.0. The number of ether oxygens (including phenoxy) is 1. The third-order valence-electron chi connectivity index (χ3n) is 5.27. The van der Waals surface area contributed by atoms with Crippen molar-refractivity contribution in [2.24, 2.45) is 0 Å². The van der Waals surface area contributed by atoms with Gasteiger partial charge in [0.25, 0.3) is 0 Å². The Morgan fingerprint density at radius 3 is 2.52 bits per heavy atom. The Bertz CT molecular complexity index is 1110. The number of allylic oxidation sites excluding steroid dienone is 1. The van der Waals surface area contributed by atoms with Gasteiger partial charge in [-0.15, -0.1) is 16.8 Å². The Morgan fingerprint density at radius 2 is 1.88 bits per heavy atom. The molecule has 0 saturated carbocycles. The molecule has 0 aliphatic heterocycles. The van der Waals surface area contributed by atoms with E-state index >= 15 is 0 Å². The zero-order valence-corrected chi connectivity index (χ0v) is 20.8. The number of rotatable bonds is 10. The molecule has 0 spiro atoms. The Labute approximate surface area is 200 Å². The molecule has 0 aliphatic rings. The number of nitrogens with one attached hydrogen (secondary N) is 1. The monoisotopic (exact) mass is 464 g/mol.